The lowest BCUT2D eigenvalue weighted by atomic mass is 9.95. The van der Waals surface area contributed by atoms with Crippen molar-refractivity contribution in [3.63, 3.8) is 0 Å². The average molecular weight is 335 g/mol. The quantitative estimate of drug-likeness (QED) is 0.824. The first-order valence-corrected chi connectivity index (χ1v) is 8.49. The van der Waals surface area contributed by atoms with Crippen LogP contribution in [0.1, 0.15) is 25.3 Å². The molecule has 0 saturated carbocycles. The lowest BCUT2D eigenvalue weighted by Crippen LogP contribution is -2.49. The maximum Gasteiger partial charge on any atom is 0.237 e. The summed E-state index contributed by atoms with van der Waals surface area (Å²) in [6, 6.07) is 6.11. The van der Waals surface area contributed by atoms with Crippen molar-refractivity contribution in [3.05, 3.63) is 35.6 Å². The second-order valence-electron chi connectivity index (χ2n) is 6.27. The standard InChI is InChI=1S/C18H26FN3O2/c1-13(22-11-8-15(9-12-22)18(24)20-2)17(23)21-10-7-14-3-5-16(19)6-4-14/h3-6,13,15H,7-12H2,1-2H3,(H,20,24)(H,21,23)/t13-/m0/s1. The number of likely N-dealkylation sites (tertiary alicyclic amines) is 1. The fraction of sp³-hybridized carbons (Fsp3) is 0.556. The van der Waals surface area contributed by atoms with Crippen LogP contribution in [0, 0.1) is 11.7 Å². The Kier molecular flexibility index (Phi) is 6.73. The Morgan fingerprint density at radius 2 is 1.88 bits per heavy atom. The third-order valence-electron chi connectivity index (χ3n) is 4.70. The summed E-state index contributed by atoms with van der Waals surface area (Å²) in [6.45, 7) is 3.94. The first kappa shape index (κ1) is 18.4. The smallest absolute Gasteiger partial charge is 0.237 e. The van der Waals surface area contributed by atoms with Crippen LogP contribution >= 0.6 is 0 Å². The van der Waals surface area contributed by atoms with Crippen molar-refractivity contribution in [1.82, 2.24) is 15.5 Å². The lowest BCUT2D eigenvalue weighted by molar-refractivity contribution is -0.128. The van der Waals surface area contributed by atoms with E-state index in [0.717, 1.165) is 31.5 Å². The summed E-state index contributed by atoms with van der Waals surface area (Å²) in [7, 11) is 1.66. The van der Waals surface area contributed by atoms with Gasteiger partial charge in [-0.05, 0) is 57.0 Å². The van der Waals surface area contributed by atoms with Gasteiger partial charge in [-0.2, -0.15) is 0 Å². The SMILES string of the molecule is CNC(=O)C1CCN([C@@H](C)C(=O)NCCc2ccc(F)cc2)CC1. The molecule has 1 fully saturated rings. The topological polar surface area (TPSA) is 61.4 Å². The van der Waals surface area contributed by atoms with E-state index in [2.05, 4.69) is 15.5 Å². The van der Waals surface area contributed by atoms with E-state index in [0.29, 0.717) is 13.0 Å². The van der Waals surface area contributed by atoms with Crippen LogP contribution in [-0.4, -0.2) is 49.4 Å². The van der Waals surface area contributed by atoms with Gasteiger partial charge in [0.25, 0.3) is 0 Å². The summed E-state index contributed by atoms with van der Waals surface area (Å²) in [4.78, 5) is 26.0. The van der Waals surface area contributed by atoms with Gasteiger partial charge < -0.3 is 10.6 Å². The largest absolute Gasteiger partial charge is 0.359 e. The summed E-state index contributed by atoms with van der Waals surface area (Å²) in [5, 5.41) is 5.62. The zero-order valence-corrected chi connectivity index (χ0v) is 14.3. The normalized spacial score (nSPS) is 17.3. The Bertz CT molecular complexity index is 554. The molecular formula is C18H26FN3O2. The number of piperidine rings is 1. The van der Waals surface area contributed by atoms with Gasteiger partial charge in [0.1, 0.15) is 5.82 Å². The number of rotatable bonds is 6. The predicted octanol–water partition coefficient (Wildman–Crippen LogP) is 1.33. The van der Waals surface area contributed by atoms with Gasteiger partial charge in [-0.15, -0.1) is 0 Å². The Labute approximate surface area is 142 Å². The van der Waals surface area contributed by atoms with Crippen LogP contribution in [0.5, 0.6) is 0 Å². The Morgan fingerprint density at radius 1 is 1.25 bits per heavy atom. The highest BCUT2D eigenvalue weighted by atomic mass is 19.1. The van der Waals surface area contributed by atoms with Crippen LogP contribution in [0.4, 0.5) is 4.39 Å². The minimum atomic E-state index is -0.253. The molecule has 24 heavy (non-hydrogen) atoms. The molecule has 0 aliphatic carbocycles. The van der Waals surface area contributed by atoms with Gasteiger partial charge in [0.2, 0.25) is 11.8 Å². The van der Waals surface area contributed by atoms with Crippen molar-refractivity contribution < 1.29 is 14.0 Å². The molecule has 1 aliphatic heterocycles. The molecule has 1 saturated heterocycles. The van der Waals surface area contributed by atoms with E-state index in [1.54, 1.807) is 19.2 Å². The second kappa shape index (κ2) is 8.78. The van der Waals surface area contributed by atoms with Gasteiger partial charge in [0.05, 0.1) is 6.04 Å². The minimum Gasteiger partial charge on any atom is -0.359 e. The number of benzene rings is 1. The Morgan fingerprint density at radius 3 is 2.46 bits per heavy atom. The van der Waals surface area contributed by atoms with Crippen molar-refractivity contribution in [1.29, 1.82) is 0 Å². The van der Waals surface area contributed by atoms with Crippen LogP contribution in [-0.2, 0) is 16.0 Å². The maximum atomic E-state index is 12.8. The molecule has 0 spiro atoms. The van der Waals surface area contributed by atoms with Crippen molar-refractivity contribution in [2.45, 2.75) is 32.2 Å². The van der Waals surface area contributed by atoms with E-state index >= 15 is 0 Å². The van der Waals surface area contributed by atoms with Crippen molar-refractivity contribution in [3.8, 4) is 0 Å². The molecule has 5 nitrogen and oxygen atoms in total. The van der Waals surface area contributed by atoms with Crippen LogP contribution in [0.15, 0.2) is 24.3 Å². The molecule has 0 bridgehead atoms. The third kappa shape index (κ3) is 5.03. The molecule has 0 unspecified atom stereocenters. The summed E-state index contributed by atoms with van der Waals surface area (Å²) in [5.74, 6) is -0.113. The summed E-state index contributed by atoms with van der Waals surface area (Å²) < 4.78 is 12.8. The highest BCUT2D eigenvalue weighted by Crippen LogP contribution is 2.19. The Balaban J connectivity index is 1.72. The van der Waals surface area contributed by atoms with E-state index < -0.39 is 0 Å². The first-order chi connectivity index (χ1) is 11.5. The van der Waals surface area contributed by atoms with E-state index in [-0.39, 0.29) is 29.6 Å². The summed E-state index contributed by atoms with van der Waals surface area (Å²) >= 11 is 0. The van der Waals surface area contributed by atoms with E-state index in [1.807, 2.05) is 6.92 Å². The van der Waals surface area contributed by atoms with Crippen LogP contribution < -0.4 is 10.6 Å². The lowest BCUT2D eigenvalue weighted by Gasteiger charge is -2.34. The number of hydrogen-bond acceptors (Lipinski definition) is 3. The first-order valence-electron chi connectivity index (χ1n) is 8.49. The summed E-state index contributed by atoms with van der Waals surface area (Å²) in [6.07, 6.45) is 2.25. The zero-order chi connectivity index (χ0) is 17.5. The summed E-state index contributed by atoms with van der Waals surface area (Å²) in [5.41, 5.74) is 0.996. The fourth-order valence-corrected chi connectivity index (χ4v) is 3.05. The van der Waals surface area contributed by atoms with Gasteiger partial charge in [-0.3, -0.25) is 14.5 Å². The molecule has 0 aromatic heterocycles. The fourth-order valence-electron chi connectivity index (χ4n) is 3.05. The molecule has 1 atom stereocenters. The average Bonchev–Trinajstić information content (AvgIpc) is 2.62. The van der Waals surface area contributed by atoms with Crippen molar-refractivity contribution in [2.24, 2.45) is 5.92 Å². The molecule has 132 valence electrons. The number of amides is 2. The molecule has 1 aliphatic rings. The van der Waals surface area contributed by atoms with Crippen LogP contribution in [0.3, 0.4) is 0 Å². The highest BCUT2D eigenvalue weighted by molar-refractivity contribution is 5.81. The van der Waals surface area contributed by atoms with Gasteiger partial charge in [0, 0.05) is 19.5 Å². The highest BCUT2D eigenvalue weighted by Gasteiger charge is 2.29. The predicted molar refractivity (Wildman–Crippen MR) is 90.9 cm³/mol. The molecule has 2 rings (SSSR count). The van der Waals surface area contributed by atoms with Gasteiger partial charge >= 0.3 is 0 Å². The molecule has 2 N–H and O–H groups in total. The van der Waals surface area contributed by atoms with Gasteiger partial charge in [-0.1, -0.05) is 12.1 Å². The molecule has 1 aromatic carbocycles. The molecule has 1 aromatic rings. The minimum absolute atomic E-state index is 0.00416. The second-order valence-corrected chi connectivity index (χ2v) is 6.27. The number of hydrogen-bond donors (Lipinski definition) is 2. The van der Waals surface area contributed by atoms with Crippen molar-refractivity contribution >= 4 is 11.8 Å². The monoisotopic (exact) mass is 335 g/mol. The molecule has 0 radical (unpaired) electrons. The molecular weight excluding hydrogens is 309 g/mol. The third-order valence-corrected chi connectivity index (χ3v) is 4.70. The van der Waals surface area contributed by atoms with Gasteiger partial charge in [0.15, 0.2) is 0 Å². The number of carbonyl (C=O) groups is 2. The number of nitrogens with one attached hydrogen (secondary N) is 2. The van der Waals surface area contributed by atoms with Gasteiger partial charge in [-0.25, -0.2) is 4.39 Å². The van der Waals surface area contributed by atoms with Crippen molar-refractivity contribution in [2.75, 3.05) is 26.7 Å². The Hall–Kier alpha value is -1.95. The number of halogens is 1. The molecule has 6 heteroatoms. The van der Waals surface area contributed by atoms with Crippen LogP contribution in [0.2, 0.25) is 0 Å². The van der Waals surface area contributed by atoms with E-state index in [4.69, 9.17) is 0 Å². The van der Waals surface area contributed by atoms with E-state index in [1.165, 1.54) is 12.1 Å². The molecule has 2 amide bonds. The zero-order valence-electron chi connectivity index (χ0n) is 14.3. The molecule has 1 heterocycles. The maximum absolute atomic E-state index is 12.8. The number of carbonyl (C=O) groups excluding carboxylic acids is 2. The van der Waals surface area contributed by atoms with E-state index in [9.17, 15) is 14.0 Å². The van der Waals surface area contributed by atoms with Crippen LogP contribution in [0.25, 0.3) is 0 Å². The number of nitrogens with zero attached hydrogens (tertiary/aromatic N) is 1.